The monoisotopic (exact) mass is 414 g/mol. The lowest BCUT2D eigenvalue weighted by atomic mass is 9.99. The average Bonchev–Trinajstić information content (AvgIpc) is 2.67. The van der Waals surface area contributed by atoms with Gasteiger partial charge in [0.25, 0.3) is 11.1 Å². The van der Waals surface area contributed by atoms with Crippen LogP contribution in [0.3, 0.4) is 0 Å². The molecular weight excluding hydrogens is 388 g/mol. The Morgan fingerprint density at radius 1 is 1.20 bits per heavy atom. The molecule has 0 fully saturated rings. The van der Waals surface area contributed by atoms with Gasteiger partial charge in [-0.2, -0.15) is 5.26 Å². The van der Waals surface area contributed by atoms with E-state index in [4.69, 9.17) is 5.73 Å². The fraction of sp³-hybridized carbons (Fsp3) is 0.450. The van der Waals surface area contributed by atoms with Gasteiger partial charge in [0.1, 0.15) is 17.5 Å². The van der Waals surface area contributed by atoms with E-state index in [2.05, 4.69) is 9.97 Å². The topological polar surface area (TPSA) is 158 Å². The summed E-state index contributed by atoms with van der Waals surface area (Å²) >= 11 is 0. The van der Waals surface area contributed by atoms with Crippen LogP contribution in [0.5, 0.6) is 0 Å². The third kappa shape index (κ3) is 4.35. The summed E-state index contributed by atoms with van der Waals surface area (Å²) in [6.45, 7) is 5.66. The largest absolute Gasteiger partial charge is 0.383 e. The molecule has 0 saturated heterocycles. The zero-order chi connectivity index (χ0) is 22.6. The smallest absolute Gasteiger partial charge is 0.330 e. The number of nitrogens with two attached hydrogens (primary N) is 1. The van der Waals surface area contributed by atoms with E-state index in [1.54, 1.807) is 13.8 Å². The van der Waals surface area contributed by atoms with Crippen molar-refractivity contribution < 1.29 is 4.79 Å². The number of hydrogen-bond donors (Lipinski definition) is 3. The maximum Gasteiger partial charge on any atom is 0.330 e. The second kappa shape index (κ2) is 9.26. The Labute approximate surface area is 173 Å². The van der Waals surface area contributed by atoms with E-state index in [0.717, 1.165) is 11.3 Å². The van der Waals surface area contributed by atoms with E-state index >= 15 is 0 Å². The van der Waals surface area contributed by atoms with Gasteiger partial charge in [-0.1, -0.05) is 13.3 Å². The summed E-state index contributed by atoms with van der Waals surface area (Å²) in [5, 5.41) is 9.17. The van der Waals surface area contributed by atoms with Gasteiger partial charge in [-0.3, -0.25) is 23.9 Å². The highest BCUT2D eigenvalue weighted by atomic mass is 16.2. The van der Waals surface area contributed by atoms with Crippen molar-refractivity contribution in [3.05, 3.63) is 53.6 Å². The number of pyridine rings is 1. The zero-order valence-corrected chi connectivity index (χ0v) is 17.6. The number of nitriles is 1. The van der Waals surface area contributed by atoms with Gasteiger partial charge in [0, 0.05) is 25.7 Å². The molecule has 0 bridgehead atoms. The number of amides is 1. The second-order valence-corrected chi connectivity index (χ2v) is 7.12. The second-order valence-electron chi connectivity index (χ2n) is 7.12. The summed E-state index contributed by atoms with van der Waals surface area (Å²) < 4.78 is 1.25. The number of H-pyrrole nitrogens is 2. The Kier molecular flexibility index (Phi) is 7.00. The first kappa shape index (κ1) is 22.7. The molecule has 0 aliphatic carbocycles. The Morgan fingerprint density at radius 2 is 1.87 bits per heavy atom. The number of aryl methyl sites for hydroxylation is 1. The lowest BCUT2D eigenvalue weighted by molar-refractivity contribution is -0.118. The molecular formula is C20H26N6O4. The van der Waals surface area contributed by atoms with Crippen LogP contribution in [0, 0.1) is 25.2 Å². The Balaban J connectivity index is 2.32. The quantitative estimate of drug-likeness (QED) is 0.605. The molecule has 0 aromatic carbocycles. The lowest BCUT2D eigenvalue weighted by Gasteiger charge is -2.21. The van der Waals surface area contributed by atoms with Crippen LogP contribution in [0.15, 0.2) is 14.4 Å². The third-order valence-corrected chi connectivity index (χ3v) is 5.17. The number of nitrogens with zero attached hydrogens (tertiary/aromatic N) is 3. The van der Waals surface area contributed by atoms with Crippen LogP contribution in [0.4, 0.5) is 11.5 Å². The first-order valence-electron chi connectivity index (χ1n) is 9.65. The highest BCUT2D eigenvalue weighted by Crippen LogP contribution is 2.19. The fourth-order valence-electron chi connectivity index (χ4n) is 3.38. The van der Waals surface area contributed by atoms with E-state index in [9.17, 15) is 24.4 Å². The zero-order valence-electron chi connectivity index (χ0n) is 17.6. The Hall–Kier alpha value is -3.61. The number of carbonyl (C=O) groups excluding carboxylic acids is 1. The van der Waals surface area contributed by atoms with E-state index in [0.29, 0.717) is 29.8 Å². The van der Waals surface area contributed by atoms with Gasteiger partial charge in [0.15, 0.2) is 5.69 Å². The first-order valence-corrected chi connectivity index (χ1v) is 9.65. The van der Waals surface area contributed by atoms with Crippen molar-refractivity contribution in [2.45, 2.75) is 53.0 Å². The van der Waals surface area contributed by atoms with Crippen molar-refractivity contribution in [2.75, 3.05) is 17.7 Å². The average molecular weight is 414 g/mol. The van der Waals surface area contributed by atoms with E-state index in [1.807, 2.05) is 13.0 Å². The maximum atomic E-state index is 12.8. The fourth-order valence-corrected chi connectivity index (χ4v) is 3.38. The van der Waals surface area contributed by atoms with Crippen LogP contribution in [-0.2, 0) is 17.8 Å². The van der Waals surface area contributed by atoms with Crippen LogP contribution in [0.25, 0.3) is 0 Å². The molecule has 160 valence electrons. The van der Waals surface area contributed by atoms with Gasteiger partial charge in [-0.15, -0.1) is 0 Å². The van der Waals surface area contributed by atoms with Crippen molar-refractivity contribution in [1.82, 2.24) is 14.5 Å². The number of aromatic amines is 2. The van der Waals surface area contributed by atoms with Crippen LogP contribution in [-0.4, -0.2) is 27.5 Å². The molecule has 2 aromatic heterocycles. The summed E-state index contributed by atoms with van der Waals surface area (Å²) in [5.41, 5.74) is 5.98. The minimum atomic E-state index is -0.732. The molecule has 0 unspecified atom stereocenters. The number of aromatic nitrogens is 3. The van der Waals surface area contributed by atoms with Gasteiger partial charge < -0.3 is 15.6 Å². The first-order chi connectivity index (χ1) is 14.1. The molecule has 2 rings (SSSR count). The number of unbranched alkanes of at least 4 members (excludes halogenated alkanes) is 1. The van der Waals surface area contributed by atoms with E-state index in [1.165, 1.54) is 11.6 Å². The van der Waals surface area contributed by atoms with Gasteiger partial charge in [-0.25, -0.2) is 4.79 Å². The van der Waals surface area contributed by atoms with Crippen molar-refractivity contribution >= 4 is 17.4 Å². The molecule has 30 heavy (non-hydrogen) atoms. The van der Waals surface area contributed by atoms with Crippen molar-refractivity contribution in [1.29, 1.82) is 5.26 Å². The normalized spacial score (nSPS) is 10.6. The summed E-state index contributed by atoms with van der Waals surface area (Å²) in [5.74, 6) is -0.451. The number of nitrogens with one attached hydrogen (secondary N) is 2. The highest BCUT2D eigenvalue weighted by molar-refractivity contribution is 5.95. The van der Waals surface area contributed by atoms with E-state index < -0.39 is 22.7 Å². The minimum Gasteiger partial charge on any atom is -0.383 e. The molecule has 0 saturated carbocycles. The Morgan fingerprint density at radius 3 is 2.47 bits per heavy atom. The number of rotatable bonds is 7. The summed E-state index contributed by atoms with van der Waals surface area (Å²) in [6.07, 6.45) is 1.80. The van der Waals surface area contributed by atoms with Gasteiger partial charge >= 0.3 is 5.69 Å². The number of nitrogen functional groups attached to an aromatic ring is 1. The summed E-state index contributed by atoms with van der Waals surface area (Å²) in [4.78, 5) is 55.0. The molecule has 0 aliphatic heterocycles. The molecule has 10 heteroatoms. The highest BCUT2D eigenvalue weighted by Gasteiger charge is 2.21. The minimum absolute atomic E-state index is 0.0140. The Bertz CT molecular complexity index is 1180. The number of anilines is 2. The number of hydrogen-bond acceptors (Lipinski definition) is 6. The molecule has 0 spiro atoms. The summed E-state index contributed by atoms with van der Waals surface area (Å²) in [6, 6.07) is 1.88. The standard InChI is InChI=1S/C20H26N6O4/c1-5-6-9-26-17(22)16(19(29)24-20(26)30)25(4)15(27)8-7-13-11(2)14(10-21)18(28)23-12(13)3/h5-9,22H2,1-4H3,(H,23,28)(H,24,29,30). The van der Waals surface area contributed by atoms with Crippen molar-refractivity contribution in [2.24, 2.45) is 0 Å². The van der Waals surface area contributed by atoms with Gasteiger partial charge in [-0.05, 0) is 37.8 Å². The third-order valence-electron chi connectivity index (χ3n) is 5.17. The van der Waals surface area contributed by atoms with Crippen LogP contribution < -0.4 is 27.4 Å². The van der Waals surface area contributed by atoms with Crippen LogP contribution in [0.2, 0.25) is 0 Å². The van der Waals surface area contributed by atoms with Crippen LogP contribution >= 0.6 is 0 Å². The van der Waals surface area contributed by atoms with Gasteiger partial charge in [0.2, 0.25) is 5.91 Å². The van der Waals surface area contributed by atoms with Crippen LogP contribution in [0.1, 0.15) is 48.6 Å². The molecule has 4 N–H and O–H groups in total. The molecule has 0 aliphatic rings. The molecule has 10 nitrogen and oxygen atoms in total. The predicted octanol–water partition coefficient (Wildman–Crippen LogP) is 0.691. The molecule has 1 amide bonds. The van der Waals surface area contributed by atoms with Crippen molar-refractivity contribution in [3.8, 4) is 6.07 Å². The SMILES string of the molecule is CCCCn1c(N)c(N(C)C(=O)CCc2c(C)[nH]c(=O)c(C#N)c2C)c(=O)[nH]c1=O. The van der Waals surface area contributed by atoms with E-state index in [-0.39, 0.29) is 29.9 Å². The predicted molar refractivity (Wildman–Crippen MR) is 114 cm³/mol. The molecule has 2 heterocycles. The maximum absolute atomic E-state index is 12.8. The summed E-state index contributed by atoms with van der Waals surface area (Å²) in [7, 11) is 1.42. The molecule has 0 radical (unpaired) electrons. The lowest BCUT2D eigenvalue weighted by Crippen LogP contribution is -2.39. The molecule has 0 atom stereocenters. The molecule has 2 aromatic rings. The number of carbonyl (C=O) groups is 1. The van der Waals surface area contributed by atoms with Gasteiger partial charge in [0.05, 0.1) is 0 Å². The van der Waals surface area contributed by atoms with Crippen molar-refractivity contribution in [3.63, 3.8) is 0 Å².